The Bertz CT molecular complexity index is 1070. The van der Waals surface area contributed by atoms with Gasteiger partial charge >= 0.3 is 5.97 Å². The molecule has 158 valence electrons. The summed E-state index contributed by atoms with van der Waals surface area (Å²) in [6, 6.07) is 7.26. The molecule has 0 fully saturated rings. The van der Waals surface area contributed by atoms with E-state index in [-0.39, 0.29) is 18.1 Å². The van der Waals surface area contributed by atoms with Crippen molar-refractivity contribution in [3.05, 3.63) is 46.8 Å². The summed E-state index contributed by atoms with van der Waals surface area (Å²) >= 11 is 1.17. The Kier molecular flexibility index (Phi) is 6.46. The molecule has 9 nitrogen and oxygen atoms in total. The van der Waals surface area contributed by atoms with E-state index in [4.69, 9.17) is 15.3 Å². The number of benzene rings is 1. The number of hydrogen-bond acceptors (Lipinski definition) is 8. The standard InChI is InChI=1S/C20H23N5O4S/c1-5-29-19(27)16-11(2)17(22-12(16)3)15(26)10-30-20-24-23-18(25(20)21)13-6-8-14(28-4)9-7-13/h6-9,22H,5,10,21H2,1-4H3. The van der Waals surface area contributed by atoms with E-state index in [2.05, 4.69) is 15.2 Å². The van der Waals surface area contributed by atoms with Crippen LogP contribution in [-0.2, 0) is 4.74 Å². The number of hydrogen-bond donors (Lipinski definition) is 2. The summed E-state index contributed by atoms with van der Waals surface area (Å²) in [6.07, 6.45) is 0. The zero-order valence-electron chi connectivity index (χ0n) is 17.2. The molecule has 0 atom stereocenters. The molecular weight excluding hydrogens is 406 g/mol. The van der Waals surface area contributed by atoms with Gasteiger partial charge < -0.3 is 20.3 Å². The summed E-state index contributed by atoms with van der Waals surface area (Å²) in [5.74, 6) is 6.79. The molecular formula is C20H23N5O4S. The van der Waals surface area contributed by atoms with Gasteiger partial charge in [-0.2, -0.15) is 0 Å². The van der Waals surface area contributed by atoms with Gasteiger partial charge in [0.05, 0.1) is 30.7 Å². The molecule has 2 aromatic heterocycles. The molecule has 0 aliphatic carbocycles. The summed E-state index contributed by atoms with van der Waals surface area (Å²) in [5.41, 5.74) is 2.72. The molecule has 0 unspecified atom stereocenters. The van der Waals surface area contributed by atoms with Gasteiger partial charge in [0.25, 0.3) is 0 Å². The second-order valence-corrected chi connectivity index (χ2v) is 7.40. The number of nitrogen functional groups attached to an aromatic ring is 1. The number of nitrogens with two attached hydrogens (primary N) is 1. The van der Waals surface area contributed by atoms with Crippen molar-refractivity contribution >= 4 is 23.5 Å². The van der Waals surface area contributed by atoms with Crippen molar-refractivity contribution in [1.29, 1.82) is 0 Å². The number of nitrogens with one attached hydrogen (secondary N) is 1. The van der Waals surface area contributed by atoms with Crippen LogP contribution in [0.2, 0.25) is 0 Å². The molecule has 1 aromatic carbocycles. The Labute approximate surface area is 177 Å². The maximum absolute atomic E-state index is 12.7. The Morgan fingerprint density at radius 2 is 1.90 bits per heavy atom. The number of carbonyl (C=O) groups excluding carboxylic acids is 2. The molecule has 0 saturated heterocycles. The number of Topliss-reactive ketones (excluding diaryl/α,β-unsaturated/α-hetero) is 1. The maximum Gasteiger partial charge on any atom is 0.340 e. The second kappa shape index (κ2) is 9.04. The molecule has 10 heteroatoms. The lowest BCUT2D eigenvalue weighted by Crippen LogP contribution is -2.13. The van der Waals surface area contributed by atoms with Gasteiger partial charge in [-0.3, -0.25) is 4.79 Å². The minimum absolute atomic E-state index is 0.0843. The smallest absolute Gasteiger partial charge is 0.340 e. The zero-order chi connectivity index (χ0) is 21.8. The number of aromatic amines is 1. The Morgan fingerprint density at radius 1 is 1.20 bits per heavy atom. The zero-order valence-corrected chi connectivity index (χ0v) is 18.0. The molecule has 0 spiro atoms. The normalized spacial score (nSPS) is 10.8. The number of methoxy groups -OCH3 is 1. The van der Waals surface area contributed by atoms with E-state index < -0.39 is 5.97 Å². The largest absolute Gasteiger partial charge is 0.497 e. The molecule has 0 amide bonds. The molecule has 3 rings (SSSR count). The quantitative estimate of drug-likeness (QED) is 0.242. The summed E-state index contributed by atoms with van der Waals surface area (Å²) in [6.45, 7) is 5.47. The van der Waals surface area contributed by atoms with Gasteiger partial charge in [-0.15, -0.1) is 10.2 Å². The van der Waals surface area contributed by atoms with E-state index in [1.807, 2.05) is 12.1 Å². The van der Waals surface area contributed by atoms with Crippen LogP contribution in [-0.4, -0.2) is 51.1 Å². The van der Waals surface area contributed by atoms with Crippen molar-refractivity contribution in [1.82, 2.24) is 19.9 Å². The van der Waals surface area contributed by atoms with Gasteiger partial charge in [-0.25, -0.2) is 9.47 Å². The van der Waals surface area contributed by atoms with Gasteiger partial charge in [0.1, 0.15) is 5.75 Å². The first-order valence-corrected chi connectivity index (χ1v) is 10.2. The van der Waals surface area contributed by atoms with Gasteiger partial charge in [0.2, 0.25) is 5.16 Å². The summed E-state index contributed by atoms with van der Waals surface area (Å²) in [5, 5.41) is 8.60. The highest BCUT2D eigenvalue weighted by Crippen LogP contribution is 2.25. The molecule has 2 heterocycles. The lowest BCUT2D eigenvalue weighted by Gasteiger charge is -2.05. The van der Waals surface area contributed by atoms with Crippen molar-refractivity contribution in [3.63, 3.8) is 0 Å². The van der Waals surface area contributed by atoms with Crippen LogP contribution in [0.15, 0.2) is 29.4 Å². The molecule has 0 radical (unpaired) electrons. The molecule has 30 heavy (non-hydrogen) atoms. The lowest BCUT2D eigenvalue weighted by atomic mass is 10.1. The van der Waals surface area contributed by atoms with Crippen molar-refractivity contribution < 1.29 is 19.1 Å². The number of H-pyrrole nitrogens is 1. The third kappa shape index (κ3) is 4.18. The van der Waals surface area contributed by atoms with Crippen molar-refractivity contribution in [3.8, 4) is 17.1 Å². The van der Waals surface area contributed by atoms with Crippen LogP contribution in [0.5, 0.6) is 5.75 Å². The third-order valence-electron chi connectivity index (χ3n) is 4.54. The van der Waals surface area contributed by atoms with Crippen LogP contribution in [0.1, 0.15) is 39.0 Å². The van der Waals surface area contributed by atoms with E-state index in [0.29, 0.717) is 33.5 Å². The Morgan fingerprint density at radius 3 is 2.53 bits per heavy atom. The first-order chi connectivity index (χ1) is 14.4. The number of thioether (sulfide) groups is 1. The fraction of sp³-hybridized carbons (Fsp3) is 0.300. The molecule has 0 aliphatic rings. The molecule has 3 N–H and O–H groups in total. The topological polar surface area (TPSA) is 125 Å². The minimum atomic E-state index is -0.443. The van der Waals surface area contributed by atoms with Gasteiger partial charge in [-0.05, 0) is 50.6 Å². The first kappa shape index (κ1) is 21.4. The third-order valence-corrected chi connectivity index (χ3v) is 5.48. The van der Waals surface area contributed by atoms with Crippen LogP contribution in [0.25, 0.3) is 11.4 Å². The first-order valence-electron chi connectivity index (χ1n) is 9.24. The molecule has 0 bridgehead atoms. The Hall–Kier alpha value is -3.27. The highest BCUT2D eigenvalue weighted by molar-refractivity contribution is 7.99. The van der Waals surface area contributed by atoms with Gasteiger partial charge in [0, 0.05) is 11.3 Å². The van der Waals surface area contributed by atoms with Crippen LogP contribution < -0.4 is 10.6 Å². The highest BCUT2D eigenvalue weighted by atomic mass is 32.2. The predicted molar refractivity (Wildman–Crippen MR) is 113 cm³/mol. The number of ketones is 1. The number of carbonyl (C=O) groups is 2. The van der Waals surface area contributed by atoms with E-state index >= 15 is 0 Å². The average Bonchev–Trinajstić information content (AvgIpc) is 3.25. The fourth-order valence-corrected chi connectivity index (χ4v) is 3.78. The van der Waals surface area contributed by atoms with Gasteiger partial charge in [0.15, 0.2) is 11.6 Å². The van der Waals surface area contributed by atoms with E-state index in [1.54, 1.807) is 40.0 Å². The number of ether oxygens (including phenoxy) is 2. The van der Waals surface area contributed by atoms with Crippen LogP contribution in [0, 0.1) is 13.8 Å². The predicted octanol–water partition coefficient (Wildman–Crippen LogP) is 2.76. The monoisotopic (exact) mass is 429 g/mol. The minimum Gasteiger partial charge on any atom is -0.497 e. The van der Waals surface area contributed by atoms with E-state index in [9.17, 15) is 9.59 Å². The van der Waals surface area contributed by atoms with E-state index in [1.165, 1.54) is 16.4 Å². The number of aromatic nitrogens is 4. The van der Waals surface area contributed by atoms with Gasteiger partial charge in [-0.1, -0.05) is 11.8 Å². The molecule has 0 saturated carbocycles. The second-order valence-electron chi connectivity index (χ2n) is 6.46. The van der Waals surface area contributed by atoms with Crippen molar-refractivity contribution in [2.24, 2.45) is 0 Å². The van der Waals surface area contributed by atoms with Crippen LogP contribution in [0.4, 0.5) is 0 Å². The average molecular weight is 430 g/mol. The van der Waals surface area contributed by atoms with Crippen molar-refractivity contribution in [2.75, 3.05) is 25.3 Å². The maximum atomic E-state index is 12.7. The highest BCUT2D eigenvalue weighted by Gasteiger charge is 2.23. The summed E-state index contributed by atoms with van der Waals surface area (Å²) < 4.78 is 11.6. The molecule has 0 aliphatic heterocycles. The molecule has 3 aromatic rings. The number of rotatable bonds is 8. The lowest BCUT2D eigenvalue weighted by molar-refractivity contribution is 0.0525. The number of aryl methyl sites for hydroxylation is 1. The van der Waals surface area contributed by atoms with Crippen molar-refractivity contribution in [2.45, 2.75) is 25.9 Å². The van der Waals surface area contributed by atoms with E-state index in [0.717, 1.165) is 11.3 Å². The Balaban J connectivity index is 1.73. The SMILES string of the molecule is CCOC(=O)c1c(C)[nH]c(C(=O)CSc2nnc(-c3ccc(OC)cc3)n2N)c1C. The fourth-order valence-electron chi connectivity index (χ4n) is 3.05. The number of esters is 1. The summed E-state index contributed by atoms with van der Waals surface area (Å²) in [7, 11) is 1.59. The summed E-state index contributed by atoms with van der Waals surface area (Å²) in [4.78, 5) is 27.8. The van der Waals surface area contributed by atoms with Crippen LogP contribution in [0.3, 0.4) is 0 Å². The van der Waals surface area contributed by atoms with Crippen LogP contribution >= 0.6 is 11.8 Å². The number of nitrogens with zero attached hydrogens (tertiary/aromatic N) is 3.